The molecule has 0 saturated heterocycles. The highest BCUT2D eigenvalue weighted by atomic mass is 35.5. The molecule has 1 aromatic rings. The zero-order valence-electron chi connectivity index (χ0n) is 6.61. The van der Waals surface area contributed by atoms with Crippen LogP contribution < -0.4 is 4.74 Å². The van der Waals surface area contributed by atoms with Gasteiger partial charge in [-0.05, 0) is 12.1 Å². The molecule has 0 aromatic heterocycles. The number of hydrogen-bond acceptors (Lipinski definition) is 2. The third-order valence-corrected chi connectivity index (χ3v) is 1.77. The van der Waals surface area contributed by atoms with Gasteiger partial charge in [0.15, 0.2) is 0 Å². The fourth-order valence-corrected chi connectivity index (χ4v) is 0.970. The molecular formula is C9H11ClO2. The number of halogens is 1. The van der Waals surface area contributed by atoms with Gasteiger partial charge in [-0.1, -0.05) is 18.2 Å². The minimum Gasteiger partial charge on any atom is -0.487 e. The van der Waals surface area contributed by atoms with Gasteiger partial charge in [-0.2, -0.15) is 0 Å². The molecule has 66 valence electrons. The second-order valence-corrected chi connectivity index (χ2v) is 2.70. The number of para-hydroxylation sites is 1. The number of aliphatic hydroxyl groups excluding tert-OH is 1. The number of aliphatic hydroxyl groups is 1. The van der Waals surface area contributed by atoms with Gasteiger partial charge in [0.1, 0.15) is 11.9 Å². The molecule has 0 saturated carbocycles. The Balaban J connectivity index is 2.51. The number of benzene rings is 1. The molecule has 0 radical (unpaired) electrons. The van der Waals surface area contributed by atoms with E-state index in [1.807, 2.05) is 30.3 Å². The molecule has 0 aliphatic rings. The van der Waals surface area contributed by atoms with Crippen molar-refractivity contribution in [1.82, 2.24) is 0 Å². The van der Waals surface area contributed by atoms with Crippen LogP contribution in [-0.4, -0.2) is 23.7 Å². The highest BCUT2D eigenvalue weighted by Crippen LogP contribution is 2.10. The number of ether oxygens (including phenoxy) is 1. The molecule has 0 heterocycles. The summed E-state index contributed by atoms with van der Waals surface area (Å²) in [6.45, 7) is -0.0571. The molecule has 2 nitrogen and oxygen atoms in total. The lowest BCUT2D eigenvalue weighted by molar-refractivity contribution is 0.132. The number of rotatable bonds is 4. The summed E-state index contributed by atoms with van der Waals surface area (Å²) in [7, 11) is 0. The second kappa shape index (κ2) is 5.01. The zero-order chi connectivity index (χ0) is 8.81. The van der Waals surface area contributed by atoms with Gasteiger partial charge < -0.3 is 9.84 Å². The molecule has 0 aliphatic carbocycles. The molecule has 0 fully saturated rings. The zero-order valence-corrected chi connectivity index (χ0v) is 7.37. The summed E-state index contributed by atoms with van der Waals surface area (Å²) in [6, 6.07) is 9.31. The van der Waals surface area contributed by atoms with Crippen LogP contribution in [0.4, 0.5) is 0 Å². The maximum Gasteiger partial charge on any atom is 0.135 e. The quantitative estimate of drug-likeness (QED) is 0.725. The molecule has 0 bridgehead atoms. The van der Waals surface area contributed by atoms with Crippen LogP contribution >= 0.6 is 11.6 Å². The maximum atomic E-state index is 8.78. The van der Waals surface area contributed by atoms with Crippen LogP contribution in [0.1, 0.15) is 0 Å². The van der Waals surface area contributed by atoms with E-state index in [-0.39, 0.29) is 12.7 Å². The molecule has 1 aromatic carbocycles. The molecule has 0 amide bonds. The van der Waals surface area contributed by atoms with E-state index in [0.29, 0.717) is 5.88 Å². The van der Waals surface area contributed by atoms with Gasteiger partial charge in [-0.3, -0.25) is 0 Å². The molecule has 3 heteroatoms. The van der Waals surface area contributed by atoms with Crippen molar-refractivity contribution in [2.75, 3.05) is 12.5 Å². The normalized spacial score (nSPS) is 12.5. The monoisotopic (exact) mass is 186 g/mol. The Bertz CT molecular complexity index is 209. The third kappa shape index (κ3) is 2.72. The van der Waals surface area contributed by atoms with Crippen LogP contribution in [0.3, 0.4) is 0 Å². The van der Waals surface area contributed by atoms with Crippen LogP contribution in [0.2, 0.25) is 0 Å². The lowest BCUT2D eigenvalue weighted by atomic mass is 10.3. The molecular weight excluding hydrogens is 176 g/mol. The van der Waals surface area contributed by atoms with Crippen molar-refractivity contribution in [3.05, 3.63) is 30.3 Å². The number of alkyl halides is 1. The van der Waals surface area contributed by atoms with E-state index in [1.165, 1.54) is 0 Å². The largest absolute Gasteiger partial charge is 0.487 e. The first-order valence-corrected chi connectivity index (χ1v) is 4.29. The summed E-state index contributed by atoms with van der Waals surface area (Å²) >= 11 is 5.53. The van der Waals surface area contributed by atoms with Gasteiger partial charge in [0, 0.05) is 0 Å². The average molecular weight is 187 g/mol. The average Bonchev–Trinajstić information content (AvgIpc) is 2.16. The van der Waals surface area contributed by atoms with E-state index in [1.54, 1.807) is 0 Å². The first kappa shape index (κ1) is 9.36. The third-order valence-electron chi connectivity index (χ3n) is 1.42. The molecule has 12 heavy (non-hydrogen) atoms. The van der Waals surface area contributed by atoms with Crippen molar-refractivity contribution in [2.24, 2.45) is 0 Å². The Morgan fingerprint density at radius 1 is 1.33 bits per heavy atom. The fourth-order valence-electron chi connectivity index (χ4n) is 0.809. The molecule has 1 rings (SSSR count). The maximum absolute atomic E-state index is 8.78. The minimum absolute atomic E-state index is 0.0571. The molecule has 0 spiro atoms. The van der Waals surface area contributed by atoms with Gasteiger partial charge in [0.25, 0.3) is 0 Å². The summed E-state index contributed by atoms with van der Waals surface area (Å²) in [4.78, 5) is 0. The van der Waals surface area contributed by atoms with E-state index >= 15 is 0 Å². The predicted octanol–water partition coefficient (Wildman–Crippen LogP) is 1.67. The van der Waals surface area contributed by atoms with Gasteiger partial charge in [-0.25, -0.2) is 0 Å². The summed E-state index contributed by atoms with van der Waals surface area (Å²) < 4.78 is 5.33. The Labute approximate surface area is 76.7 Å². The predicted molar refractivity (Wildman–Crippen MR) is 48.7 cm³/mol. The number of hydrogen-bond donors (Lipinski definition) is 1. The molecule has 0 aliphatic heterocycles. The van der Waals surface area contributed by atoms with Crippen molar-refractivity contribution in [3.63, 3.8) is 0 Å². The van der Waals surface area contributed by atoms with Crippen LogP contribution in [0.25, 0.3) is 0 Å². The van der Waals surface area contributed by atoms with E-state index in [2.05, 4.69) is 0 Å². The Morgan fingerprint density at radius 2 is 2.00 bits per heavy atom. The van der Waals surface area contributed by atoms with Crippen LogP contribution in [0.5, 0.6) is 5.75 Å². The topological polar surface area (TPSA) is 29.5 Å². The second-order valence-electron chi connectivity index (χ2n) is 2.39. The van der Waals surface area contributed by atoms with Crippen molar-refractivity contribution < 1.29 is 9.84 Å². The summed E-state index contributed by atoms with van der Waals surface area (Å²) in [5.41, 5.74) is 0. The smallest absolute Gasteiger partial charge is 0.135 e. The van der Waals surface area contributed by atoms with E-state index in [0.717, 1.165) is 5.75 Å². The van der Waals surface area contributed by atoms with Crippen molar-refractivity contribution >= 4 is 11.6 Å². The van der Waals surface area contributed by atoms with Gasteiger partial charge in [-0.15, -0.1) is 11.6 Å². The minimum atomic E-state index is -0.311. The SMILES string of the molecule is OC[C@@H](CCl)Oc1ccccc1. The fraction of sp³-hybridized carbons (Fsp3) is 0.333. The first-order valence-electron chi connectivity index (χ1n) is 3.75. The highest BCUT2D eigenvalue weighted by Gasteiger charge is 2.05. The Morgan fingerprint density at radius 3 is 2.50 bits per heavy atom. The summed E-state index contributed by atoms with van der Waals surface area (Å²) in [6.07, 6.45) is -0.311. The first-order chi connectivity index (χ1) is 5.86. The van der Waals surface area contributed by atoms with Gasteiger partial charge in [0.05, 0.1) is 12.5 Å². The summed E-state index contributed by atoms with van der Waals surface area (Å²) in [5, 5.41) is 8.78. The van der Waals surface area contributed by atoms with Crippen molar-refractivity contribution in [1.29, 1.82) is 0 Å². The lowest BCUT2D eigenvalue weighted by Crippen LogP contribution is -2.22. The van der Waals surface area contributed by atoms with Crippen molar-refractivity contribution in [2.45, 2.75) is 6.10 Å². The molecule has 1 atom stereocenters. The van der Waals surface area contributed by atoms with E-state index in [4.69, 9.17) is 21.4 Å². The highest BCUT2D eigenvalue weighted by molar-refractivity contribution is 6.18. The molecule has 1 N–H and O–H groups in total. The summed E-state index contributed by atoms with van der Waals surface area (Å²) in [5.74, 6) is 1.03. The van der Waals surface area contributed by atoms with Crippen LogP contribution in [0.15, 0.2) is 30.3 Å². The molecule has 0 unspecified atom stereocenters. The van der Waals surface area contributed by atoms with Gasteiger partial charge >= 0.3 is 0 Å². The van der Waals surface area contributed by atoms with Gasteiger partial charge in [0.2, 0.25) is 0 Å². The van der Waals surface area contributed by atoms with E-state index < -0.39 is 0 Å². The van der Waals surface area contributed by atoms with Crippen LogP contribution in [-0.2, 0) is 0 Å². The van der Waals surface area contributed by atoms with E-state index in [9.17, 15) is 0 Å². The van der Waals surface area contributed by atoms with Crippen LogP contribution in [0, 0.1) is 0 Å². The Hall–Kier alpha value is -0.730. The standard InChI is InChI=1S/C9H11ClO2/c10-6-9(7-11)12-8-4-2-1-3-5-8/h1-5,9,11H,6-7H2/t9-/m1/s1. The van der Waals surface area contributed by atoms with Crippen molar-refractivity contribution in [3.8, 4) is 5.75 Å². The lowest BCUT2D eigenvalue weighted by Gasteiger charge is -2.13. The Kier molecular flexibility index (Phi) is 3.91.